The number of aromatic nitrogens is 3. The first-order valence-electron chi connectivity index (χ1n) is 5.56. The summed E-state index contributed by atoms with van der Waals surface area (Å²) in [4.78, 5) is 26.7. The van der Waals surface area contributed by atoms with Crippen LogP contribution in [0.25, 0.3) is 0 Å². The van der Waals surface area contributed by atoms with Gasteiger partial charge in [0, 0.05) is 0 Å². The van der Waals surface area contributed by atoms with Crippen molar-refractivity contribution in [2.75, 3.05) is 5.32 Å². The van der Waals surface area contributed by atoms with E-state index in [4.69, 9.17) is 5.11 Å². The molecule has 2 aromatic rings. The van der Waals surface area contributed by atoms with Crippen molar-refractivity contribution in [3.8, 4) is 0 Å². The molecule has 0 atom stereocenters. The fraction of sp³-hybridized carbons (Fsp3) is 0.167. The third kappa shape index (κ3) is 3.15. The van der Waals surface area contributed by atoms with Crippen LogP contribution in [0.5, 0.6) is 0 Å². The second-order valence-electron chi connectivity index (χ2n) is 3.93. The van der Waals surface area contributed by atoms with Gasteiger partial charge in [0.25, 0.3) is 0 Å². The Balaban J connectivity index is 2.09. The van der Waals surface area contributed by atoms with E-state index in [1.807, 2.05) is 0 Å². The second kappa shape index (κ2) is 5.30. The Bertz CT molecular complexity index is 621. The Morgan fingerprint density at radius 3 is 2.74 bits per heavy atom. The SMILES string of the molecule is Cc1nc(NC(=O)Cc2ccccc2C(=O)O)n[nH]1. The van der Waals surface area contributed by atoms with E-state index in [2.05, 4.69) is 20.5 Å². The van der Waals surface area contributed by atoms with Crippen molar-refractivity contribution in [1.82, 2.24) is 15.2 Å². The maximum atomic E-state index is 11.8. The fourth-order valence-electron chi connectivity index (χ4n) is 1.62. The highest BCUT2D eigenvalue weighted by molar-refractivity contribution is 5.95. The van der Waals surface area contributed by atoms with E-state index >= 15 is 0 Å². The van der Waals surface area contributed by atoms with Crippen molar-refractivity contribution >= 4 is 17.8 Å². The number of nitrogens with zero attached hydrogens (tertiary/aromatic N) is 2. The Labute approximate surface area is 108 Å². The lowest BCUT2D eigenvalue weighted by atomic mass is 10.0. The third-order valence-corrected chi connectivity index (χ3v) is 2.45. The maximum Gasteiger partial charge on any atom is 0.335 e. The number of hydrogen-bond acceptors (Lipinski definition) is 4. The largest absolute Gasteiger partial charge is 0.478 e. The molecule has 0 radical (unpaired) electrons. The van der Waals surface area contributed by atoms with Crippen LogP contribution in [0.1, 0.15) is 21.7 Å². The number of rotatable bonds is 4. The average Bonchev–Trinajstić information content (AvgIpc) is 2.75. The van der Waals surface area contributed by atoms with Crippen molar-refractivity contribution < 1.29 is 14.7 Å². The standard InChI is InChI=1S/C12H12N4O3/c1-7-13-12(16-15-7)14-10(17)6-8-4-2-3-5-9(8)11(18)19/h2-5H,6H2,1H3,(H,18,19)(H2,13,14,15,16,17). The number of aromatic amines is 1. The van der Waals surface area contributed by atoms with Gasteiger partial charge in [0.2, 0.25) is 11.9 Å². The van der Waals surface area contributed by atoms with Crippen molar-refractivity contribution in [3.05, 3.63) is 41.2 Å². The van der Waals surface area contributed by atoms with Crippen LogP contribution < -0.4 is 5.32 Å². The predicted molar refractivity (Wildman–Crippen MR) is 66.9 cm³/mol. The first-order valence-corrected chi connectivity index (χ1v) is 5.56. The van der Waals surface area contributed by atoms with Gasteiger partial charge in [-0.2, -0.15) is 4.98 Å². The topological polar surface area (TPSA) is 108 Å². The number of aromatic carboxylic acids is 1. The number of carboxylic acid groups (broad SMARTS) is 1. The van der Waals surface area contributed by atoms with E-state index in [1.54, 1.807) is 25.1 Å². The summed E-state index contributed by atoms with van der Waals surface area (Å²) in [5.41, 5.74) is 0.559. The lowest BCUT2D eigenvalue weighted by molar-refractivity contribution is -0.115. The lowest BCUT2D eigenvalue weighted by Gasteiger charge is -2.05. The molecule has 1 amide bonds. The van der Waals surface area contributed by atoms with Crippen molar-refractivity contribution in [2.45, 2.75) is 13.3 Å². The molecule has 3 N–H and O–H groups in total. The number of hydrogen-bond donors (Lipinski definition) is 3. The first-order chi connectivity index (χ1) is 9.06. The summed E-state index contributed by atoms with van der Waals surface area (Å²) in [6.07, 6.45) is -0.0456. The van der Waals surface area contributed by atoms with Crippen molar-refractivity contribution in [1.29, 1.82) is 0 Å². The van der Waals surface area contributed by atoms with Gasteiger partial charge in [0.1, 0.15) is 5.82 Å². The molecule has 19 heavy (non-hydrogen) atoms. The molecule has 98 valence electrons. The minimum Gasteiger partial charge on any atom is -0.478 e. The van der Waals surface area contributed by atoms with Gasteiger partial charge in [-0.3, -0.25) is 15.2 Å². The van der Waals surface area contributed by atoms with Gasteiger partial charge in [0.05, 0.1) is 12.0 Å². The monoisotopic (exact) mass is 260 g/mol. The van der Waals surface area contributed by atoms with E-state index < -0.39 is 5.97 Å². The zero-order chi connectivity index (χ0) is 13.8. The number of benzene rings is 1. The quantitative estimate of drug-likeness (QED) is 0.759. The molecule has 0 aliphatic rings. The predicted octanol–water partition coefficient (Wildman–Crippen LogP) is 0.993. The maximum absolute atomic E-state index is 11.8. The molecule has 0 fully saturated rings. The normalized spacial score (nSPS) is 10.2. The molecule has 1 aromatic carbocycles. The lowest BCUT2D eigenvalue weighted by Crippen LogP contribution is -2.17. The van der Waals surface area contributed by atoms with Crippen LogP contribution in [-0.2, 0) is 11.2 Å². The number of amides is 1. The number of carbonyl (C=O) groups is 2. The first kappa shape index (κ1) is 12.7. The molecule has 0 saturated carbocycles. The van der Waals surface area contributed by atoms with Gasteiger partial charge >= 0.3 is 5.97 Å². The molecular formula is C12H12N4O3. The molecular weight excluding hydrogens is 248 g/mol. The second-order valence-corrected chi connectivity index (χ2v) is 3.93. The molecule has 0 aliphatic carbocycles. The van der Waals surface area contributed by atoms with Gasteiger partial charge in [-0.15, -0.1) is 5.10 Å². The molecule has 0 bridgehead atoms. The number of nitrogens with one attached hydrogen (secondary N) is 2. The summed E-state index contributed by atoms with van der Waals surface area (Å²) in [5.74, 6) is -0.665. The van der Waals surface area contributed by atoms with Crippen LogP contribution in [0.15, 0.2) is 24.3 Å². The van der Waals surface area contributed by atoms with Crippen LogP contribution in [0, 0.1) is 6.92 Å². The zero-order valence-electron chi connectivity index (χ0n) is 10.2. The summed E-state index contributed by atoms with van der Waals surface area (Å²) in [6, 6.07) is 6.36. The highest BCUT2D eigenvalue weighted by Gasteiger charge is 2.13. The van der Waals surface area contributed by atoms with Crippen LogP contribution in [-0.4, -0.2) is 32.2 Å². The van der Waals surface area contributed by atoms with Gasteiger partial charge in [-0.25, -0.2) is 4.79 Å². The van der Waals surface area contributed by atoms with E-state index in [9.17, 15) is 9.59 Å². The molecule has 7 nitrogen and oxygen atoms in total. The van der Waals surface area contributed by atoms with E-state index in [1.165, 1.54) is 6.07 Å². The molecule has 7 heteroatoms. The minimum atomic E-state index is -1.06. The van der Waals surface area contributed by atoms with Gasteiger partial charge in [-0.1, -0.05) is 18.2 Å². The van der Waals surface area contributed by atoms with Gasteiger partial charge in [0.15, 0.2) is 0 Å². The highest BCUT2D eigenvalue weighted by atomic mass is 16.4. The minimum absolute atomic E-state index is 0.0456. The van der Waals surface area contributed by atoms with Crippen LogP contribution >= 0.6 is 0 Å². The van der Waals surface area contributed by atoms with E-state index in [0.29, 0.717) is 11.4 Å². The highest BCUT2D eigenvalue weighted by Crippen LogP contribution is 2.10. The van der Waals surface area contributed by atoms with E-state index in [-0.39, 0.29) is 23.8 Å². The average molecular weight is 260 g/mol. The Hall–Kier alpha value is -2.70. The van der Waals surface area contributed by atoms with Crippen LogP contribution in [0.3, 0.4) is 0 Å². The number of carbonyl (C=O) groups excluding carboxylic acids is 1. The Morgan fingerprint density at radius 1 is 1.37 bits per heavy atom. The van der Waals surface area contributed by atoms with Crippen LogP contribution in [0.2, 0.25) is 0 Å². The summed E-state index contributed by atoms with van der Waals surface area (Å²) >= 11 is 0. The molecule has 0 unspecified atom stereocenters. The van der Waals surface area contributed by atoms with E-state index in [0.717, 1.165) is 0 Å². The van der Waals surface area contributed by atoms with Crippen molar-refractivity contribution in [3.63, 3.8) is 0 Å². The molecule has 1 heterocycles. The Morgan fingerprint density at radius 2 is 2.11 bits per heavy atom. The smallest absolute Gasteiger partial charge is 0.335 e. The third-order valence-electron chi connectivity index (χ3n) is 2.45. The zero-order valence-corrected chi connectivity index (χ0v) is 10.2. The van der Waals surface area contributed by atoms with Gasteiger partial charge < -0.3 is 5.11 Å². The number of aryl methyl sites for hydroxylation is 1. The Kier molecular flexibility index (Phi) is 3.56. The summed E-state index contributed by atoms with van der Waals surface area (Å²) in [6.45, 7) is 1.71. The molecule has 2 rings (SSSR count). The molecule has 0 aliphatic heterocycles. The molecule has 0 saturated heterocycles. The summed E-state index contributed by atoms with van der Waals surface area (Å²) < 4.78 is 0. The van der Waals surface area contributed by atoms with Crippen LogP contribution in [0.4, 0.5) is 5.95 Å². The number of H-pyrrole nitrogens is 1. The fourth-order valence-corrected chi connectivity index (χ4v) is 1.62. The summed E-state index contributed by atoms with van der Waals surface area (Å²) in [7, 11) is 0. The van der Waals surface area contributed by atoms with Gasteiger partial charge in [-0.05, 0) is 18.6 Å². The van der Waals surface area contributed by atoms with Crippen molar-refractivity contribution in [2.24, 2.45) is 0 Å². The molecule has 1 aromatic heterocycles. The number of carboxylic acids is 1. The summed E-state index contributed by atoms with van der Waals surface area (Å²) in [5, 5.41) is 17.9. The molecule has 0 spiro atoms. The number of anilines is 1.